The van der Waals surface area contributed by atoms with Gasteiger partial charge in [0, 0.05) is 54.3 Å². The Morgan fingerprint density at radius 2 is 1.81 bits per heavy atom. The molecule has 2 fully saturated rings. The molecule has 32 heavy (non-hydrogen) atoms. The molecule has 4 rings (SSSR count). The smallest absolute Gasteiger partial charge is 0.187 e. The van der Waals surface area contributed by atoms with Crippen LogP contribution in [0.3, 0.4) is 0 Å². The van der Waals surface area contributed by atoms with Crippen molar-refractivity contribution >= 4 is 23.4 Å². The Bertz CT molecular complexity index is 894. The highest BCUT2D eigenvalue weighted by molar-refractivity contribution is 7.99. The lowest BCUT2D eigenvalue weighted by Gasteiger charge is -2.32. The molecule has 0 spiro atoms. The summed E-state index contributed by atoms with van der Waals surface area (Å²) in [4.78, 5) is 14.4. The summed E-state index contributed by atoms with van der Waals surface area (Å²) < 4.78 is 10.8. The molecular weight excluding hydrogens is 444 g/mol. The molecule has 1 atom stereocenters. The fraction of sp³-hybridized carbons (Fsp3) is 0.583. The summed E-state index contributed by atoms with van der Waals surface area (Å²) in [7, 11) is 3.28. The van der Waals surface area contributed by atoms with Gasteiger partial charge in [0.15, 0.2) is 16.7 Å². The molecule has 2 aromatic rings. The average Bonchev–Trinajstić information content (AvgIpc) is 3.34. The highest BCUT2D eigenvalue weighted by Crippen LogP contribution is 2.35. The van der Waals surface area contributed by atoms with Crippen LogP contribution in [-0.4, -0.2) is 72.5 Å². The van der Waals surface area contributed by atoms with E-state index in [9.17, 15) is 0 Å². The van der Waals surface area contributed by atoms with Gasteiger partial charge in [0.1, 0.15) is 0 Å². The van der Waals surface area contributed by atoms with Crippen LogP contribution in [-0.2, 0) is 6.54 Å². The minimum Gasteiger partial charge on any atom is -0.493 e. The zero-order valence-corrected chi connectivity index (χ0v) is 20.6. The predicted molar refractivity (Wildman–Crippen MR) is 130 cm³/mol. The maximum atomic E-state index is 6.54. The fourth-order valence-electron chi connectivity index (χ4n) is 4.62. The second-order valence-corrected chi connectivity index (χ2v) is 10.0. The van der Waals surface area contributed by atoms with Gasteiger partial charge in [-0.25, -0.2) is 9.97 Å². The number of hydrogen-bond acceptors (Lipinski definition) is 7. The van der Waals surface area contributed by atoms with E-state index in [1.807, 2.05) is 18.3 Å². The maximum Gasteiger partial charge on any atom is 0.187 e. The third-order valence-corrected chi connectivity index (χ3v) is 7.56. The Kier molecular flexibility index (Phi) is 8.52. The monoisotopic (exact) mass is 476 g/mol. The van der Waals surface area contributed by atoms with Crippen molar-refractivity contribution in [3.05, 3.63) is 40.7 Å². The molecule has 1 aromatic heterocycles. The molecule has 0 saturated carbocycles. The molecule has 1 aromatic carbocycles. The Labute approximate surface area is 200 Å². The maximum absolute atomic E-state index is 6.54. The normalized spacial score (nSPS) is 19.9. The highest BCUT2D eigenvalue weighted by atomic mass is 35.5. The quantitative estimate of drug-likeness (QED) is 0.383. The standard InChI is InChI=1S/C24H33ClN4O2S/c1-30-22-14-19(20(25)15-23(22)31-2)17-29-11-5-6-18(16-29)21-7-8-26-24(27-21)32-13-12-28-9-3-4-10-28/h7-8,14-15,18H,3-6,9-13,16-17H2,1-2H3/t18-/m0/s1. The molecule has 6 nitrogen and oxygen atoms in total. The van der Waals surface area contributed by atoms with E-state index >= 15 is 0 Å². The van der Waals surface area contributed by atoms with Gasteiger partial charge in [0.05, 0.1) is 14.2 Å². The lowest BCUT2D eigenvalue weighted by molar-refractivity contribution is 0.198. The van der Waals surface area contributed by atoms with Gasteiger partial charge in [0.2, 0.25) is 0 Å². The molecule has 2 aliphatic rings. The van der Waals surface area contributed by atoms with Crippen LogP contribution >= 0.6 is 23.4 Å². The SMILES string of the molecule is COc1cc(Cl)c(CN2CCC[C@H](c3ccnc(SCCN4CCCC4)n3)C2)cc1OC. The number of aromatic nitrogens is 2. The van der Waals surface area contributed by atoms with Crippen molar-refractivity contribution in [3.63, 3.8) is 0 Å². The van der Waals surface area contributed by atoms with Crippen LogP contribution in [0.15, 0.2) is 29.6 Å². The van der Waals surface area contributed by atoms with Gasteiger partial charge in [-0.1, -0.05) is 23.4 Å². The van der Waals surface area contributed by atoms with Crippen molar-refractivity contribution in [1.82, 2.24) is 19.8 Å². The molecule has 8 heteroatoms. The first kappa shape index (κ1) is 23.6. The number of thioether (sulfide) groups is 1. The van der Waals surface area contributed by atoms with Crippen molar-refractivity contribution in [3.8, 4) is 11.5 Å². The molecule has 3 heterocycles. The summed E-state index contributed by atoms with van der Waals surface area (Å²) >= 11 is 8.31. The van der Waals surface area contributed by atoms with Crippen LogP contribution in [0.2, 0.25) is 5.02 Å². The number of methoxy groups -OCH3 is 2. The van der Waals surface area contributed by atoms with E-state index in [0.717, 1.165) is 61.2 Å². The molecule has 0 amide bonds. The molecule has 0 radical (unpaired) electrons. The molecule has 174 valence electrons. The third-order valence-electron chi connectivity index (χ3n) is 6.36. The van der Waals surface area contributed by atoms with Crippen LogP contribution < -0.4 is 9.47 Å². The summed E-state index contributed by atoms with van der Waals surface area (Å²) in [5.74, 6) is 2.85. The minimum atomic E-state index is 0.420. The first-order chi connectivity index (χ1) is 15.7. The topological polar surface area (TPSA) is 50.7 Å². The van der Waals surface area contributed by atoms with Gasteiger partial charge in [0.25, 0.3) is 0 Å². The van der Waals surface area contributed by atoms with E-state index in [2.05, 4.69) is 20.9 Å². The van der Waals surface area contributed by atoms with E-state index in [0.29, 0.717) is 22.4 Å². The van der Waals surface area contributed by atoms with Gasteiger partial charge in [-0.05, 0) is 63.0 Å². The molecular formula is C24H33ClN4O2S. The van der Waals surface area contributed by atoms with Crippen LogP contribution in [0, 0.1) is 0 Å². The third kappa shape index (κ3) is 6.07. The first-order valence-corrected chi connectivity index (χ1v) is 12.8. The zero-order chi connectivity index (χ0) is 22.3. The van der Waals surface area contributed by atoms with Crippen molar-refractivity contribution < 1.29 is 9.47 Å². The van der Waals surface area contributed by atoms with Crippen LogP contribution in [0.25, 0.3) is 0 Å². The van der Waals surface area contributed by atoms with Gasteiger partial charge in [-0.3, -0.25) is 4.90 Å². The lowest BCUT2D eigenvalue weighted by atomic mass is 9.94. The molecule has 0 bridgehead atoms. The number of piperidine rings is 1. The zero-order valence-electron chi connectivity index (χ0n) is 19.1. The van der Waals surface area contributed by atoms with E-state index in [4.69, 9.17) is 26.1 Å². The summed E-state index contributed by atoms with van der Waals surface area (Å²) in [6.45, 7) is 6.43. The lowest BCUT2D eigenvalue weighted by Crippen LogP contribution is -2.34. The van der Waals surface area contributed by atoms with E-state index in [1.54, 1.807) is 26.0 Å². The van der Waals surface area contributed by atoms with Crippen molar-refractivity contribution in [2.45, 2.75) is 43.3 Å². The van der Waals surface area contributed by atoms with Crippen molar-refractivity contribution in [2.75, 3.05) is 52.7 Å². The number of rotatable bonds is 9. The van der Waals surface area contributed by atoms with Gasteiger partial charge < -0.3 is 14.4 Å². The molecule has 2 saturated heterocycles. The molecule has 0 unspecified atom stereocenters. The van der Waals surface area contributed by atoms with E-state index in [1.165, 1.54) is 25.9 Å². The van der Waals surface area contributed by atoms with Crippen molar-refractivity contribution in [2.24, 2.45) is 0 Å². The fourth-order valence-corrected chi connectivity index (χ4v) is 5.67. The number of likely N-dealkylation sites (tertiary alicyclic amines) is 2. The number of hydrogen-bond donors (Lipinski definition) is 0. The van der Waals surface area contributed by atoms with E-state index < -0.39 is 0 Å². The molecule has 0 N–H and O–H groups in total. The van der Waals surface area contributed by atoms with Gasteiger partial charge in [-0.2, -0.15) is 0 Å². The van der Waals surface area contributed by atoms with Gasteiger partial charge >= 0.3 is 0 Å². The summed E-state index contributed by atoms with van der Waals surface area (Å²) in [6, 6.07) is 5.92. The summed E-state index contributed by atoms with van der Waals surface area (Å²) in [5, 5.41) is 1.62. The summed E-state index contributed by atoms with van der Waals surface area (Å²) in [5.41, 5.74) is 2.22. The number of halogens is 1. The van der Waals surface area contributed by atoms with Crippen LogP contribution in [0.4, 0.5) is 0 Å². The second kappa shape index (κ2) is 11.5. The Morgan fingerprint density at radius 3 is 2.59 bits per heavy atom. The van der Waals surface area contributed by atoms with Gasteiger partial charge in [-0.15, -0.1) is 0 Å². The average molecular weight is 477 g/mol. The second-order valence-electron chi connectivity index (χ2n) is 8.53. The largest absolute Gasteiger partial charge is 0.493 e. The van der Waals surface area contributed by atoms with Crippen LogP contribution in [0.5, 0.6) is 11.5 Å². The molecule has 0 aliphatic carbocycles. The van der Waals surface area contributed by atoms with Crippen molar-refractivity contribution in [1.29, 1.82) is 0 Å². The molecule has 2 aliphatic heterocycles. The first-order valence-electron chi connectivity index (χ1n) is 11.5. The van der Waals surface area contributed by atoms with E-state index in [-0.39, 0.29) is 0 Å². The Balaban J connectivity index is 1.36. The number of ether oxygens (including phenoxy) is 2. The number of benzene rings is 1. The predicted octanol–water partition coefficient (Wildman–Crippen LogP) is 4.71. The minimum absolute atomic E-state index is 0.420. The summed E-state index contributed by atoms with van der Waals surface area (Å²) in [6.07, 6.45) is 6.90. The van der Waals surface area contributed by atoms with Crippen LogP contribution in [0.1, 0.15) is 42.9 Å². The Morgan fingerprint density at radius 1 is 1.06 bits per heavy atom. The highest BCUT2D eigenvalue weighted by Gasteiger charge is 2.24. The Hall–Kier alpha value is -1.54. The number of nitrogens with zero attached hydrogens (tertiary/aromatic N) is 4.